The highest BCUT2D eigenvalue weighted by molar-refractivity contribution is 5.88. The third-order valence-corrected chi connectivity index (χ3v) is 6.12. The number of benzene rings is 1. The summed E-state index contributed by atoms with van der Waals surface area (Å²) in [6, 6.07) is 4.38. The first-order chi connectivity index (χ1) is 11.9. The molecule has 3 rings (SSSR count). The first-order valence-electron chi connectivity index (χ1n) is 9.62. The molecule has 1 heterocycles. The highest BCUT2D eigenvalue weighted by Gasteiger charge is 2.50. The van der Waals surface area contributed by atoms with Gasteiger partial charge in [-0.2, -0.15) is 0 Å². The van der Waals surface area contributed by atoms with Crippen molar-refractivity contribution < 1.29 is 9.53 Å². The van der Waals surface area contributed by atoms with Gasteiger partial charge in [0.05, 0.1) is 5.92 Å². The molecule has 1 aromatic carbocycles. The summed E-state index contributed by atoms with van der Waals surface area (Å²) in [5.41, 5.74) is 3.19. The Morgan fingerprint density at radius 1 is 1.00 bits per heavy atom. The molecular formula is C24H32O2. The fourth-order valence-corrected chi connectivity index (χ4v) is 4.12. The number of esters is 1. The van der Waals surface area contributed by atoms with Gasteiger partial charge in [0.1, 0.15) is 5.75 Å². The second kappa shape index (κ2) is 5.84. The van der Waals surface area contributed by atoms with E-state index in [4.69, 9.17) is 4.74 Å². The molecule has 26 heavy (non-hydrogen) atoms. The molecule has 0 amide bonds. The third-order valence-electron chi connectivity index (χ3n) is 6.12. The quantitative estimate of drug-likeness (QED) is 0.454. The van der Waals surface area contributed by atoms with Crippen molar-refractivity contribution in [3.05, 3.63) is 53.1 Å². The standard InChI is InChI=1S/C24H32O2/c1-15-11-9-10-12-24(15,8)20-19-17(23(5,6)7)13-16(22(2,3)4)14-18(19)26-21(20)25/h9-15,20H,1-8H3. The van der Waals surface area contributed by atoms with Crippen LogP contribution in [-0.2, 0) is 15.6 Å². The molecule has 1 aliphatic carbocycles. The first kappa shape index (κ1) is 18.9. The summed E-state index contributed by atoms with van der Waals surface area (Å²) in [4.78, 5) is 13.0. The van der Waals surface area contributed by atoms with Crippen LogP contribution in [-0.4, -0.2) is 5.97 Å². The predicted octanol–water partition coefficient (Wildman–Crippen LogP) is 6.05. The molecule has 0 aromatic heterocycles. The van der Waals surface area contributed by atoms with E-state index in [0.717, 1.165) is 11.3 Å². The molecule has 2 aliphatic rings. The van der Waals surface area contributed by atoms with Crippen LogP contribution in [0.1, 0.15) is 78.0 Å². The summed E-state index contributed by atoms with van der Waals surface area (Å²) in [6.45, 7) is 17.6. The van der Waals surface area contributed by atoms with Crippen LogP contribution in [0.2, 0.25) is 0 Å². The summed E-state index contributed by atoms with van der Waals surface area (Å²) in [6.07, 6.45) is 8.50. The lowest BCUT2D eigenvalue weighted by molar-refractivity contribution is -0.136. The number of carbonyl (C=O) groups is 1. The van der Waals surface area contributed by atoms with Crippen LogP contribution >= 0.6 is 0 Å². The average molecular weight is 353 g/mol. The smallest absolute Gasteiger partial charge is 0.319 e. The van der Waals surface area contributed by atoms with Gasteiger partial charge in [-0.3, -0.25) is 4.79 Å². The zero-order chi connectivity index (χ0) is 19.5. The van der Waals surface area contributed by atoms with E-state index in [2.05, 4.69) is 91.8 Å². The Morgan fingerprint density at radius 3 is 2.19 bits per heavy atom. The van der Waals surface area contributed by atoms with E-state index in [0.29, 0.717) is 0 Å². The van der Waals surface area contributed by atoms with E-state index < -0.39 is 0 Å². The molecule has 0 spiro atoms. The number of fused-ring (bicyclic) bond motifs is 1. The van der Waals surface area contributed by atoms with Crippen molar-refractivity contribution in [2.75, 3.05) is 0 Å². The minimum Gasteiger partial charge on any atom is -0.426 e. The highest BCUT2D eigenvalue weighted by Crippen LogP contribution is 2.54. The fourth-order valence-electron chi connectivity index (χ4n) is 4.12. The van der Waals surface area contributed by atoms with Crippen molar-refractivity contribution in [3.63, 3.8) is 0 Å². The maximum absolute atomic E-state index is 13.0. The summed E-state index contributed by atoms with van der Waals surface area (Å²) in [5, 5.41) is 0. The number of ether oxygens (including phenoxy) is 1. The SMILES string of the molecule is CC1C=CC=CC1(C)C1C(=O)Oc2cc(C(C)(C)C)cc(C(C)(C)C)c21. The van der Waals surface area contributed by atoms with Gasteiger partial charge in [0.25, 0.3) is 0 Å². The Bertz CT molecular complexity index is 799. The second-order valence-electron chi connectivity index (χ2n) is 10.2. The topological polar surface area (TPSA) is 26.3 Å². The van der Waals surface area contributed by atoms with E-state index in [9.17, 15) is 4.79 Å². The number of rotatable bonds is 1. The summed E-state index contributed by atoms with van der Waals surface area (Å²) in [7, 11) is 0. The van der Waals surface area contributed by atoms with Gasteiger partial charge >= 0.3 is 5.97 Å². The maximum atomic E-state index is 13.0. The van der Waals surface area contributed by atoms with Gasteiger partial charge in [-0.1, -0.05) is 85.8 Å². The predicted molar refractivity (Wildman–Crippen MR) is 108 cm³/mol. The zero-order valence-corrected chi connectivity index (χ0v) is 17.4. The van der Waals surface area contributed by atoms with E-state index in [1.807, 2.05) is 0 Å². The molecule has 0 radical (unpaired) electrons. The van der Waals surface area contributed by atoms with Crippen molar-refractivity contribution in [1.29, 1.82) is 0 Å². The number of allylic oxidation sites excluding steroid dienone is 4. The van der Waals surface area contributed by atoms with Crippen molar-refractivity contribution in [1.82, 2.24) is 0 Å². The third kappa shape index (κ3) is 2.94. The number of carbonyl (C=O) groups excluding carboxylic acids is 1. The highest BCUT2D eigenvalue weighted by atomic mass is 16.5. The Labute approximate surface area is 158 Å². The molecule has 1 aromatic rings. The van der Waals surface area contributed by atoms with Gasteiger partial charge in [-0.05, 0) is 33.9 Å². The Hall–Kier alpha value is -1.83. The molecular weight excluding hydrogens is 320 g/mol. The van der Waals surface area contributed by atoms with Crippen molar-refractivity contribution in [2.45, 2.75) is 72.1 Å². The van der Waals surface area contributed by atoms with E-state index in [-0.39, 0.29) is 34.1 Å². The molecule has 2 heteroatoms. The second-order valence-corrected chi connectivity index (χ2v) is 10.2. The lowest BCUT2D eigenvalue weighted by Crippen LogP contribution is -2.35. The van der Waals surface area contributed by atoms with Crippen LogP contribution in [0.3, 0.4) is 0 Å². The molecule has 2 nitrogen and oxygen atoms in total. The molecule has 3 atom stereocenters. The van der Waals surface area contributed by atoms with Gasteiger partial charge in [-0.25, -0.2) is 0 Å². The largest absolute Gasteiger partial charge is 0.426 e. The van der Waals surface area contributed by atoms with Gasteiger partial charge in [-0.15, -0.1) is 0 Å². The van der Waals surface area contributed by atoms with Crippen molar-refractivity contribution in [2.24, 2.45) is 11.3 Å². The maximum Gasteiger partial charge on any atom is 0.319 e. The van der Waals surface area contributed by atoms with Crippen LogP contribution in [0.5, 0.6) is 5.75 Å². The van der Waals surface area contributed by atoms with Crippen LogP contribution in [0, 0.1) is 11.3 Å². The molecule has 1 aliphatic heterocycles. The van der Waals surface area contributed by atoms with Gasteiger partial charge in [0, 0.05) is 11.0 Å². The molecule has 0 fully saturated rings. The summed E-state index contributed by atoms with van der Waals surface area (Å²) in [5.74, 6) is 0.641. The normalized spacial score (nSPS) is 28.2. The van der Waals surface area contributed by atoms with E-state index in [1.54, 1.807) is 0 Å². The number of hydrogen-bond donors (Lipinski definition) is 0. The van der Waals surface area contributed by atoms with Gasteiger partial charge in [0.2, 0.25) is 0 Å². The monoisotopic (exact) mass is 352 g/mol. The van der Waals surface area contributed by atoms with Crippen LogP contribution < -0.4 is 4.74 Å². The first-order valence-corrected chi connectivity index (χ1v) is 9.62. The average Bonchev–Trinajstić information content (AvgIpc) is 2.83. The molecule has 140 valence electrons. The van der Waals surface area contributed by atoms with Crippen molar-refractivity contribution >= 4 is 5.97 Å². The molecule has 3 unspecified atom stereocenters. The van der Waals surface area contributed by atoms with Gasteiger partial charge in [0.15, 0.2) is 0 Å². The molecule has 0 bridgehead atoms. The Morgan fingerprint density at radius 2 is 1.65 bits per heavy atom. The minimum absolute atomic E-state index is 0.00416. The molecule has 0 saturated heterocycles. The number of hydrogen-bond acceptors (Lipinski definition) is 2. The lowest BCUT2D eigenvalue weighted by atomic mass is 9.62. The lowest BCUT2D eigenvalue weighted by Gasteiger charge is -2.38. The van der Waals surface area contributed by atoms with Crippen LogP contribution in [0.4, 0.5) is 0 Å². The van der Waals surface area contributed by atoms with Crippen LogP contribution in [0.15, 0.2) is 36.4 Å². The molecule has 0 N–H and O–H groups in total. The van der Waals surface area contributed by atoms with Crippen molar-refractivity contribution in [3.8, 4) is 5.75 Å². The van der Waals surface area contributed by atoms with Gasteiger partial charge < -0.3 is 4.74 Å². The minimum atomic E-state index is -0.277. The zero-order valence-electron chi connectivity index (χ0n) is 17.4. The molecule has 0 saturated carbocycles. The Kier molecular flexibility index (Phi) is 4.25. The fraction of sp³-hybridized carbons (Fsp3) is 0.542. The summed E-state index contributed by atoms with van der Waals surface area (Å²) < 4.78 is 5.86. The summed E-state index contributed by atoms with van der Waals surface area (Å²) >= 11 is 0. The van der Waals surface area contributed by atoms with Crippen LogP contribution in [0.25, 0.3) is 0 Å². The van der Waals surface area contributed by atoms with E-state index >= 15 is 0 Å². The van der Waals surface area contributed by atoms with E-state index in [1.165, 1.54) is 11.1 Å². The Balaban J connectivity index is 2.26.